The molecule has 0 fully saturated rings. The molecule has 0 amide bonds. The summed E-state index contributed by atoms with van der Waals surface area (Å²) in [5.41, 5.74) is 0. The van der Waals surface area contributed by atoms with E-state index in [1.807, 2.05) is 0 Å². The van der Waals surface area contributed by atoms with Gasteiger partial charge in [-0.05, 0) is 0 Å². The summed E-state index contributed by atoms with van der Waals surface area (Å²) in [4.78, 5) is 17.9. The van der Waals surface area contributed by atoms with E-state index in [4.69, 9.17) is 19.8 Å². The van der Waals surface area contributed by atoms with Gasteiger partial charge in [0.15, 0.2) is 0 Å². The van der Waals surface area contributed by atoms with Gasteiger partial charge in [0.1, 0.15) is 0 Å². The Morgan fingerprint density at radius 1 is 1.00 bits per heavy atom. The zero-order chi connectivity index (χ0) is 5.15. The van der Waals surface area contributed by atoms with Crippen molar-refractivity contribution in [3.8, 4) is 0 Å². The molecule has 4 nitrogen and oxygen atoms in total. The first-order chi connectivity index (χ1) is 2.64. The van der Waals surface area contributed by atoms with Crippen LogP contribution in [0.25, 0.3) is 0 Å². The zero-order valence-corrected chi connectivity index (χ0v) is 5.55. The molecule has 8 heavy (non-hydrogen) atoms. The van der Waals surface area contributed by atoms with Gasteiger partial charge >= 0.3 is 17.1 Å². The van der Waals surface area contributed by atoms with Gasteiger partial charge in [-0.2, -0.15) is 0 Å². The molecule has 0 rings (SSSR count). The van der Waals surface area contributed by atoms with E-state index in [1.165, 1.54) is 0 Å². The number of carbonyl (C=O) groups excluding carboxylic acids is 2. The minimum atomic E-state index is -2.19. The fourth-order valence-electron chi connectivity index (χ4n) is 0. The third-order valence-corrected chi connectivity index (χ3v) is 0.167. The van der Waals surface area contributed by atoms with Crippen LogP contribution in [-0.2, 0) is 43.7 Å². The molecule has 0 aliphatic carbocycles. The molecule has 6 heteroatoms. The second kappa shape index (κ2) is 6.98. The molecule has 0 aliphatic rings. The van der Waals surface area contributed by atoms with Crippen molar-refractivity contribution in [2.45, 2.75) is 0 Å². The van der Waals surface area contributed by atoms with E-state index in [-0.39, 0.29) is 34.1 Å². The Morgan fingerprint density at radius 2 is 1.12 bits per heavy atom. The maximum atomic E-state index is 8.93. The van der Waals surface area contributed by atoms with Crippen molar-refractivity contribution in [2.24, 2.45) is 0 Å². The molecule has 0 saturated heterocycles. The molecule has 0 N–H and O–H groups in total. The molecule has 0 spiro atoms. The third kappa shape index (κ3) is 9.36. The van der Waals surface area contributed by atoms with Gasteiger partial charge in [0.05, 0.1) is 11.9 Å². The van der Waals surface area contributed by atoms with Crippen LogP contribution in [0.4, 0.5) is 0 Å². The summed E-state index contributed by atoms with van der Waals surface area (Å²) in [5.74, 6) is -4.37. The number of carboxylic acids is 2. The maximum Gasteiger partial charge on any atom is 2.00 e. The molecule has 0 aromatic rings. The second-order valence-electron chi connectivity index (χ2n) is 0.575. The van der Waals surface area contributed by atoms with Gasteiger partial charge < -0.3 is 19.8 Å². The van der Waals surface area contributed by atoms with Gasteiger partial charge in [-0.15, -0.1) is 0 Å². The van der Waals surface area contributed by atoms with Crippen molar-refractivity contribution in [1.29, 1.82) is 0 Å². The predicted molar refractivity (Wildman–Crippen MR) is 10.0 cm³/mol. The van der Waals surface area contributed by atoms with Crippen LogP contribution in [0, 0.1) is 0 Å². The van der Waals surface area contributed by atoms with Crippen molar-refractivity contribution in [3.63, 3.8) is 0 Å². The van der Waals surface area contributed by atoms with Crippen molar-refractivity contribution >= 4 is 11.9 Å². The topological polar surface area (TPSA) is 80.3 Å². The van der Waals surface area contributed by atoms with E-state index >= 15 is 0 Å². The van der Waals surface area contributed by atoms with Gasteiger partial charge in [0.2, 0.25) is 0 Å². The summed E-state index contributed by atoms with van der Waals surface area (Å²) in [5, 5.41) is 17.9. The number of hydrogen-bond donors (Lipinski definition) is 0. The number of aliphatic carboxylic acids is 2. The molecule has 0 aromatic heterocycles. The Labute approximate surface area is 66.2 Å². The van der Waals surface area contributed by atoms with Crippen molar-refractivity contribution in [3.05, 3.63) is 0 Å². The molecular weight excluding hydrogens is 200 g/mol. The summed E-state index contributed by atoms with van der Waals surface area (Å²) in [7, 11) is 0. The van der Waals surface area contributed by atoms with E-state index in [1.54, 1.807) is 0 Å². The van der Waals surface area contributed by atoms with Crippen LogP contribution < -0.4 is 10.2 Å². The fraction of sp³-hybridized carbons (Fsp3) is 0. The molecule has 0 aliphatic heterocycles. The van der Waals surface area contributed by atoms with Crippen molar-refractivity contribution < 1.29 is 53.9 Å². The smallest absolute Gasteiger partial charge is 0.543 e. The molecule has 0 aromatic carbocycles. The Kier molecular flexibility index (Phi) is 13.7. The first kappa shape index (κ1) is 15.7. The van der Waals surface area contributed by atoms with E-state index < -0.39 is 11.9 Å². The minimum absolute atomic E-state index is 0. The quantitative estimate of drug-likeness (QED) is 0.299. The minimum Gasteiger partial charge on any atom is -0.543 e. The summed E-state index contributed by atoms with van der Waals surface area (Å²) in [6, 6.07) is 0. The van der Waals surface area contributed by atoms with E-state index in [0.717, 1.165) is 0 Å². The van der Waals surface area contributed by atoms with Crippen LogP contribution in [0.15, 0.2) is 0 Å². The van der Waals surface area contributed by atoms with Crippen LogP contribution >= 0.6 is 0 Å². The SMILES string of the molecule is O=C([O-])C(=O)[O-].[Fe+2].[Fe]. The molecule has 0 unspecified atom stereocenters. The maximum absolute atomic E-state index is 8.93. The predicted octanol–water partition coefficient (Wildman–Crippen LogP) is -3.52. The Morgan fingerprint density at radius 3 is 1.12 bits per heavy atom. The van der Waals surface area contributed by atoms with Gasteiger partial charge in [0, 0.05) is 17.1 Å². The summed E-state index contributed by atoms with van der Waals surface area (Å²) in [6.45, 7) is 0. The van der Waals surface area contributed by atoms with Crippen molar-refractivity contribution in [1.82, 2.24) is 0 Å². The van der Waals surface area contributed by atoms with Gasteiger partial charge in [0.25, 0.3) is 0 Å². The molecule has 48 valence electrons. The second-order valence-corrected chi connectivity index (χ2v) is 0.575. The molecule has 0 atom stereocenters. The summed E-state index contributed by atoms with van der Waals surface area (Å²) < 4.78 is 0. The average Bonchev–Trinajstić information content (AvgIpc) is 1.36. The number of carbonyl (C=O) groups is 2. The van der Waals surface area contributed by atoms with E-state index in [9.17, 15) is 0 Å². The van der Waals surface area contributed by atoms with Crippen LogP contribution in [0.3, 0.4) is 0 Å². The summed E-state index contributed by atoms with van der Waals surface area (Å²) in [6.07, 6.45) is 0. The van der Waals surface area contributed by atoms with Crippen LogP contribution in [0.2, 0.25) is 0 Å². The molecular formula is C2Fe2O4. The standard InChI is InChI=1S/C2H2O4.2Fe/c3-1(4)2(5)6;;/h(H,3,4)(H,5,6);;/q;;+2/p-2. The molecule has 0 heterocycles. The Balaban J connectivity index is -0.000000125. The van der Waals surface area contributed by atoms with E-state index in [2.05, 4.69) is 0 Å². The number of carboxylic acid groups (broad SMARTS) is 2. The molecule has 0 bridgehead atoms. The number of rotatable bonds is 0. The van der Waals surface area contributed by atoms with Crippen LogP contribution in [0.1, 0.15) is 0 Å². The Bertz CT molecular complexity index is 78.0. The first-order valence-corrected chi connectivity index (χ1v) is 1.07. The van der Waals surface area contributed by atoms with Gasteiger partial charge in [-0.25, -0.2) is 0 Å². The Hall–Kier alpha value is -0.0210. The summed E-state index contributed by atoms with van der Waals surface area (Å²) >= 11 is 0. The fourth-order valence-corrected chi connectivity index (χ4v) is 0. The van der Waals surface area contributed by atoms with Crippen LogP contribution in [-0.4, -0.2) is 11.9 Å². The van der Waals surface area contributed by atoms with Gasteiger partial charge in [-0.3, -0.25) is 0 Å². The first-order valence-electron chi connectivity index (χ1n) is 1.07. The van der Waals surface area contributed by atoms with Crippen LogP contribution in [0.5, 0.6) is 0 Å². The number of hydrogen-bond acceptors (Lipinski definition) is 4. The van der Waals surface area contributed by atoms with E-state index in [0.29, 0.717) is 0 Å². The zero-order valence-electron chi connectivity index (χ0n) is 3.34. The average molecular weight is 200 g/mol. The molecule has 0 radical (unpaired) electrons. The third-order valence-electron chi connectivity index (χ3n) is 0.167. The largest absolute Gasteiger partial charge is 2.00 e. The normalized spacial score (nSPS) is 5.50. The van der Waals surface area contributed by atoms with Gasteiger partial charge in [-0.1, -0.05) is 0 Å². The molecule has 0 saturated carbocycles. The van der Waals surface area contributed by atoms with Crippen molar-refractivity contribution in [2.75, 3.05) is 0 Å². The monoisotopic (exact) mass is 200 g/mol.